The highest BCUT2D eigenvalue weighted by atomic mass is 79.9. The summed E-state index contributed by atoms with van der Waals surface area (Å²) in [4.78, 5) is 4.44. The molecular weight excluding hydrogens is 354 g/mol. The Morgan fingerprint density at radius 3 is 2.57 bits per heavy atom. The van der Waals surface area contributed by atoms with Crippen molar-refractivity contribution in [2.45, 2.75) is 13.8 Å². The van der Waals surface area contributed by atoms with Gasteiger partial charge in [0.15, 0.2) is 5.82 Å². The summed E-state index contributed by atoms with van der Waals surface area (Å²) < 4.78 is 0.976. The molecule has 2 N–H and O–H groups in total. The Labute approximate surface area is 143 Å². The average molecular weight is 370 g/mol. The molecule has 3 rings (SSSR count). The Bertz CT molecular complexity index is 835. The maximum Gasteiger partial charge on any atom is 0.249 e. The lowest BCUT2D eigenvalue weighted by atomic mass is 10.2. The van der Waals surface area contributed by atoms with Crippen LogP contribution < -0.4 is 10.6 Å². The fraction of sp³-hybridized carbons (Fsp3) is 0.118. The summed E-state index contributed by atoms with van der Waals surface area (Å²) in [6.07, 6.45) is 1.59. The molecule has 0 fully saturated rings. The highest BCUT2D eigenvalue weighted by molar-refractivity contribution is 9.10. The standard InChI is InChI=1S/C17H16BrN5/c1-11-4-3-5-13(8-11)20-17-22-16(10-19-23-17)21-15-7-6-12(2)9-14(15)18/h3-10H,1-2H3,(H2,20,21,22,23). The molecule has 2 aromatic carbocycles. The molecule has 0 unspecified atom stereocenters. The second-order valence-corrected chi connectivity index (χ2v) is 6.12. The van der Waals surface area contributed by atoms with E-state index in [1.165, 1.54) is 11.1 Å². The molecule has 5 nitrogen and oxygen atoms in total. The maximum atomic E-state index is 4.44. The molecule has 0 radical (unpaired) electrons. The zero-order valence-electron chi connectivity index (χ0n) is 12.8. The van der Waals surface area contributed by atoms with Crippen LogP contribution in [0.15, 0.2) is 53.1 Å². The Hall–Kier alpha value is -2.47. The summed E-state index contributed by atoms with van der Waals surface area (Å²) >= 11 is 3.54. The lowest BCUT2D eigenvalue weighted by Gasteiger charge is -2.10. The average Bonchev–Trinajstić information content (AvgIpc) is 2.51. The van der Waals surface area contributed by atoms with Gasteiger partial charge in [-0.15, -0.1) is 5.10 Å². The van der Waals surface area contributed by atoms with Gasteiger partial charge in [0.05, 0.1) is 11.9 Å². The van der Waals surface area contributed by atoms with Crippen molar-refractivity contribution in [1.29, 1.82) is 0 Å². The van der Waals surface area contributed by atoms with Crippen molar-refractivity contribution in [3.63, 3.8) is 0 Å². The number of halogens is 1. The minimum atomic E-state index is 0.448. The van der Waals surface area contributed by atoms with Gasteiger partial charge in [0.1, 0.15) is 0 Å². The molecule has 0 amide bonds. The molecule has 1 aromatic heterocycles. The molecule has 0 bridgehead atoms. The van der Waals surface area contributed by atoms with E-state index >= 15 is 0 Å². The Morgan fingerprint density at radius 1 is 0.957 bits per heavy atom. The van der Waals surface area contributed by atoms with E-state index in [0.29, 0.717) is 11.8 Å². The summed E-state index contributed by atoms with van der Waals surface area (Å²) in [6, 6.07) is 14.1. The summed E-state index contributed by atoms with van der Waals surface area (Å²) in [5.74, 6) is 1.07. The van der Waals surface area contributed by atoms with Gasteiger partial charge in [-0.2, -0.15) is 10.1 Å². The predicted molar refractivity (Wildman–Crippen MR) is 96.5 cm³/mol. The number of aromatic nitrogens is 3. The van der Waals surface area contributed by atoms with Gasteiger partial charge in [0.2, 0.25) is 5.95 Å². The molecule has 6 heteroatoms. The fourth-order valence-corrected chi connectivity index (χ4v) is 2.72. The van der Waals surface area contributed by atoms with Gasteiger partial charge < -0.3 is 10.6 Å². The van der Waals surface area contributed by atoms with Crippen molar-refractivity contribution < 1.29 is 0 Å². The molecule has 0 spiro atoms. The van der Waals surface area contributed by atoms with Crippen LogP contribution in [0.3, 0.4) is 0 Å². The molecule has 0 atom stereocenters. The highest BCUT2D eigenvalue weighted by Crippen LogP contribution is 2.26. The van der Waals surface area contributed by atoms with Gasteiger partial charge in [0, 0.05) is 10.2 Å². The normalized spacial score (nSPS) is 10.4. The molecule has 0 aliphatic rings. The van der Waals surface area contributed by atoms with Crippen molar-refractivity contribution in [3.05, 3.63) is 64.3 Å². The van der Waals surface area contributed by atoms with Crippen molar-refractivity contribution >= 4 is 39.1 Å². The van der Waals surface area contributed by atoms with Crippen molar-refractivity contribution in [3.8, 4) is 0 Å². The number of hydrogen-bond donors (Lipinski definition) is 2. The number of hydrogen-bond acceptors (Lipinski definition) is 5. The molecule has 23 heavy (non-hydrogen) atoms. The third-order valence-corrected chi connectivity index (χ3v) is 3.88. The van der Waals surface area contributed by atoms with E-state index in [0.717, 1.165) is 15.8 Å². The summed E-state index contributed by atoms with van der Waals surface area (Å²) in [6.45, 7) is 4.09. The molecule has 0 aliphatic carbocycles. The lowest BCUT2D eigenvalue weighted by molar-refractivity contribution is 0.982. The Kier molecular flexibility index (Phi) is 4.52. The monoisotopic (exact) mass is 369 g/mol. The molecule has 116 valence electrons. The molecule has 0 aliphatic heterocycles. The lowest BCUT2D eigenvalue weighted by Crippen LogP contribution is -2.02. The van der Waals surface area contributed by atoms with Crippen LogP contribution in [0.4, 0.5) is 23.1 Å². The first-order valence-electron chi connectivity index (χ1n) is 7.17. The Balaban J connectivity index is 1.79. The number of aryl methyl sites for hydroxylation is 2. The highest BCUT2D eigenvalue weighted by Gasteiger charge is 2.05. The quantitative estimate of drug-likeness (QED) is 0.695. The van der Waals surface area contributed by atoms with Gasteiger partial charge in [-0.25, -0.2) is 0 Å². The zero-order valence-corrected chi connectivity index (χ0v) is 14.4. The van der Waals surface area contributed by atoms with Crippen LogP contribution >= 0.6 is 15.9 Å². The Morgan fingerprint density at radius 2 is 1.78 bits per heavy atom. The molecule has 3 aromatic rings. The molecular formula is C17H16BrN5. The van der Waals surface area contributed by atoms with E-state index in [2.05, 4.69) is 41.7 Å². The van der Waals surface area contributed by atoms with Gasteiger partial charge in [0.25, 0.3) is 0 Å². The topological polar surface area (TPSA) is 62.7 Å². The molecule has 1 heterocycles. The first-order chi connectivity index (χ1) is 11.1. The van der Waals surface area contributed by atoms with E-state index in [-0.39, 0.29) is 0 Å². The first kappa shape index (κ1) is 15.4. The summed E-state index contributed by atoms with van der Waals surface area (Å²) in [5.41, 5.74) is 4.21. The summed E-state index contributed by atoms with van der Waals surface area (Å²) in [5, 5.41) is 14.4. The van der Waals surface area contributed by atoms with E-state index < -0.39 is 0 Å². The third-order valence-electron chi connectivity index (χ3n) is 3.22. The number of benzene rings is 2. The van der Waals surface area contributed by atoms with Gasteiger partial charge in [-0.1, -0.05) is 18.2 Å². The second-order valence-electron chi connectivity index (χ2n) is 5.27. The van der Waals surface area contributed by atoms with Crippen LogP contribution in [0.1, 0.15) is 11.1 Å². The van der Waals surface area contributed by atoms with Crippen LogP contribution in [0.5, 0.6) is 0 Å². The number of nitrogens with one attached hydrogen (secondary N) is 2. The maximum absolute atomic E-state index is 4.44. The van der Waals surface area contributed by atoms with Crippen molar-refractivity contribution in [2.24, 2.45) is 0 Å². The van der Waals surface area contributed by atoms with E-state index in [9.17, 15) is 0 Å². The zero-order chi connectivity index (χ0) is 16.2. The fourth-order valence-electron chi connectivity index (χ4n) is 2.13. The van der Waals surface area contributed by atoms with Crippen LogP contribution in [-0.2, 0) is 0 Å². The van der Waals surface area contributed by atoms with Gasteiger partial charge in [-0.05, 0) is 65.2 Å². The van der Waals surface area contributed by atoms with Gasteiger partial charge >= 0.3 is 0 Å². The van der Waals surface area contributed by atoms with Crippen LogP contribution in [0.2, 0.25) is 0 Å². The first-order valence-corrected chi connectivity index (χ1v) is 7.96. The largest absolute Gasteiger partial charge is 0.338 e. The van der Waals surface area contributed by atoms with Crippen LogP contribution in [-0.4, -0.2) is 15.2 Å². The molecule has 0 saturated carbocycles. The minimum absolute atomic E-state index is 0.448. The SMILES string of the molecule is Cc1cccc(Nc2nncc(Nc3ccc(C)cc3Br)n2)c1. The second kappa shape index (κ2) is 6.75. The predicted octanol–water partition coefficient (Wildman–Crippen LogP) is 4.74. The van der Waals surface area contributed by atoms with Crippen LogP contribution in [0.25, 0.3) is 0 Å². The van der Waals surface area contributed by atoms with Crippen molar-refractivity contribution in [1.82, 2.24) is 15.2 Å². The number of nitrogens with zero attached hydrogens (tertiary/aromatic N) is 3. The van der Waals surface area contributed by atoms with E-state index in [1.807, 2.05) is 56.3 Å². The minimum Gasteiger partial charge on any atom is -0.338 e. The summed E-state index contributed by atoms with van der Waals surface area (Å²) in [7, 11) is 0. The number of rotatable bonds is 4. The van der Waals surface area contributed by atoms with Crippen molar-refractivity contribution in [2.75, 3.05) is 10.6 Å². The van der Waals surface area contributed by atoms with E-state index in [1.54, 1.807) is 6.20 Å². The molecule has 0 saturated heterocycles. The van der Waals surface area contributed by atoms with Crippen LogP contribution in [0, 0.1) is 13.8 Å². The number of anilines is 4. The smallest absolute Gasteiger partial charge is 0.249 e. The van der Waals surface area contributed by atoms with E-state index in [4.69, 9.17) is 0 Å². The third kappa shape index (κ3) is 4.04. The van der Waals surface area contributed by atoms with Gasteiger partial charge in [-0.3, -0.25) is 0 Å².